The zero-order chi connectivity index (χ0) is 6.81. The van der Waals surface area contributed by atoms with Crippen LogP contribution in [0.25, 0.3) is 11.3 Å². The summed E-state index contributed by atoms with van der Waals surface area (Å²) in [5.74, 6) is 0. The molecule has 0 unspecified atom stereocenters. The fourth-order valence-electron chi connectivity index (χ4n) is 0.706. The van der Waals surface area contributed by atoms with Crippen molar-refractivity contribution in [1.29, 1.82) is 0 Å². The van der Waals surface area contributed by atoms with Crippen molar-refractivity contribution in [2.75, 3.05) is 0 Å². The number of H-pyrrole nitrogens is 1. The van der Waals surface area contributed by atoms with E-state index in [1.807, 2.05) is 0 Å². The second kappa shape index (κ2) is 1.98. The molecule has 0 aromatic carbocycles. The molecule has 0 atom stereocenters. The second-order valence-electron chi connectivity index (χ2n) is 1.79. The zero-order valence-corrected chi connectivity index (χ0v) is 5.03. The smallest absolute Gasteiger partial charge is 0.145 e. The van der Waals surface area contributed by atoms with Crippen molar-refractivity contribution in [3.63, 3.8) is 0 Å². The van der Waals surface area contributed by atoms with Gasteiger partial charge in [-0.05, 0) is 0 Å². The Hall–Kier alpha value is -1.58. The summed E-state index contributed by atoms with van der Waals surface area (Å²) in [6, 6.07) is 0. The fraction of sp³-hybridized carbons (Fsp3) is 0. The number of rotatable bonds is 1. The van der Waals surface area contributed by atoms with E-state index in [0.29, 0.717) is 0 Å². The molecule has 0 spiro atoms. The summed E-state index contributed by atoms with van der Waals surface area (Å²) in [5, 5.41) is 3.42. The topological polar surface area (TPSA) is 54.7 Å². The van der Waals surface area contributed by atoms with Gasteiger partial charge in [0, 0.05) is 6.20 Å². The molecule has 0 saturated heterocycles. The Bertz CT molecular complexity index is 252. The van der Waals surface area contributed by atoms with Crippen molar-refractivity contribution in [3.05, 3.63) is 25.0 Å². The number of hydrogen-bond acceptors (Lipinski definition) is 3. The van der Waals surface area contributed by atoms with Crippen LogP contribution < -0.4 is 0 Å². The first-order valence-electron chi connectivity index (χ1n) is 2.78. The molecule has 0 amide bonds. The summed E-state index contributed by atoms with van der Waals surface area (Å²) in [5.41, 5.74) is 1.56. The third-order valence-electron chi connectivity index (χ3n) is 1.16. The number of imidazole rings is 1. The van der Waals surface area contributed by atoms with Gasteiger partial charge in [-0.25, -0.2) is 4.98 Å². The Morgan fingerprint density at radius 1 is 1.60 bits per heavy atom. The van der Waals surface area contributed by atoms with Crippen molar-refractivity contribution in [2.45, 2.75) is 0 Å². The SMILES string of the molecule is [c]1nocc1-c1c[nH]cn1. The summed E-state index contributed by atoms with van der Waals surface area (Å²) in [7, 11) is 0. The lowest BCUT2D eigenvalue weighted by Crippen LogP contribution is -1.69. The molecular weight excluding hydrogens is 130 g/mol. The summed E-state index contributed by atoms with van der Waals surface area (Å²) < 4.78 is 4.58. The van der Waals surface area contributed by atoms with Gasteiger partial charge in [0.2, 0.25) is 0 Å². The van der Waals surface area contributed by atoms with Gasteiger partial charge in [0.15, 0.2) is 0 Å². The van der Waals surface area contributed by atoms with Crippen molar-refractivity contribution in [1.82, 2.24) is 15.1 Å². The van der Waals surface area contributed by atoms with E-state index in [1.165, 1.54) is 6.26 Å². The van der Waals surface area contributed by atoms with Crippen molar-refractivity contribution < 1.29 is 4.52 Å². The first-order valence-corrected chi connectivity index (χ1v) is 2.78. The Kier molecular flexibility index (Phi) is 1.04. The molecule has 10 heavy (non-hydrogen) atoms. The molecule has 0 fully saturated rings. The van der Waals surface area contributed by atoms with Crippen LogP contribution in [0, 0.1) is 6.20 Å². The van der Waals surface area contributed by atoms with Crippen LogP contribution >= 0.6 is 0 Å². The Balaban J connectivity index is 2.48. The van der Waals surface area contributed by atoms with Gasteiger partial charge >= 0.3 is 0 Å². The third-order valence-corrected chi connectivity index (χ3v) is 1.16. The number of nitrogens with zero attached hydrogens (tertiary/aromatic N) is 2. The first kappa shape index (κ1) is 5.22. The number of aromatic amines is 1. The van der Waals surface area contributed by atoms with Crippen LogP contribution in [0.2, 0.25) is 0 Å². The molecule has 0 bridgehead atoms. The fourth-order valence-corrected chi connectivity index (χ4v) is 0.706. The lowest BCUT2D eigenvalue weighted by Gasteiger charge is -1.79. The molecule has 4 heteroatoms. The average molecular weight is 134 g/mol. The van der Waals surface area contributed by atoms with E-state index in [4.69, 9.17) is 0 Å². The van der Waals surface area contributed by atoms with Gasteiger partial charge in [-0.2, -0.15) is 0 Å². The van der Waals surface area contributed by atoms with Crippen LogP contribution in [-0.4, -0.2) is 15.1 Å². The minimum atomic E-state index is 0.765. The van der Waals surface area contributed by atoms with E-state index in [9.17, 15) is 0 Å². The quantitative estimate of drug-likeness (QED) is 0.629. The molecule has 2 aromatic rings. The van der Waals surface area contributed by atoms with Gasteiger partial charge in [-0.1, -0.05) is 5.16 Å². The third kappa shape index (κ3) is 0.699. The van der Waals surface area contributed by atoms with E-state index < -0.39 is 0 Å². The average Bonchev–Trinajstić information content (AvgIpc) is 2.59. The zero-order valence-electron chi connectivity index (χ0n) is 5.03. The van der Waals surface area contributed by atoms with Gasteiger partial charge in [-0.3, -0.25) is 0 Å². The summed E-state index contributed by atoms with van der Waals surface area (Å²) in [4.78, 5) is 6.79. The Morgan fingerprint density at radius 2 is 2.60 bits per heavy atom. The molecule has 0 aliphatic carbocycles. The summed E-state index contributed by atoms with van der Waals surface area (Å²) >= 11 is 0. The van der Waals surface area contributed by atoms with Crippen molar-refractivity contribution in [2.24, 2.45) is 0 Å². The highest BCUT2D eigenvalue weighted by molar-refractivity contribution is 5.53. The molecule has 1 N–H and O–H groups in total. The Morgan fingerprint density at radius 3 is 3.20 bits per heavy atom. The van der Waals surface area contributed by atoms with E-state index >= 15 is 0 Å². The maximum atomic E-state index is 4.58. The number of hydrogen-bond donors (Lipinski definition) is 1. The van der Waals surface area contributed by atoms with Crippen LogP contribution in [0.3, 0.4) is 0 Å². The van der Waals surface area contributed by atoms with Crippen LogP contribution in [0.15, 0.2) is 23.3 Å². The highest BCUT2D eigenvalue weighted by Crippen LogP contribution is 2.12. The predicted octanol–water partition coefficient (Wildman–Crippen LogP) is 0.865. The molecule has 0 aliphatic rings. The van der Waals surface area contributed by atoms with E-state index in [-0.39, 0.29) is 0 Å². The molecule has 0 aliphatic heterocycles. The van der Waals surface area contributed by atoms with Gasteiger partial charge in [0.25, 0.3) is 0 Å². The molecule has 1 radical (unpaired) electrons. The molecule has 49 valence electrons. The van der Waals surface area contributed by atoms with Gasteiger partial charge in [0.1, 0.15) is 12.5 Å². The van der Waals surface area contributed by atoms with Crippen molar-refractivity contribution in [3.8, 4) is 11.3 Å². The van der Waals surface area contributed by atoms with E-state index in [2.05, 4.69) is 25.8 Å². The molecule has 0 saturated carbocycles. The summed E-state index contributed by atoms with van der Waals surface area (Å²) in [6.07, 6.45) is 7.48. The Labute approximate surface area is 56.9 Å². The molecule has 2 rings (SSSR count). The lowest BCUT2D eigenvalue weighted by molar-refractivity contribution is 0.418. The van der Waals surface area contributed by atoms with E-state index in [1.54, 1.807) is 12.5 Å². The molecule has 2 aromatic heterocycles. The largest absolute Gasteiger partial charge is 0.363 e. The van der Waals surface area contributed by atoms with Gasteiger partial charge < -0.3 is 9.51 Å². The van der Waals surface area contributed by atoms with Crippen LogP contribution in [-0.2, 0) is 0 Å². The summed E-state index contributed by atoms with van der Waals surface area (Å²) in [6.45, 7) is 0. The minimum absolute atomic E-state index is 0.765. The monoisotopic (exact) mass is 134 g/mol. The van der Waals surface area contributed by atoms with Crippen molar-refractivity contribution >= 4 is 0 Å². The van der Waals surface area contributed by atoms with Gasteiger partial charge in [0.05, 0.1) is 17.6 Å². The first-order chi connectivity index (χ1) is 4.97. The predicted molar refractivity (Wildman–Crippen MR) is 32.9 cm³/mol. The number of nitrogens with one attached hydrogen (secondary N) is 1. The van der Waals surface area contributed by atoms with Crippen LogP contribution in [0.1, 0.15) is 0 Å². The normalized spacial score (nSPS) is 10.0. The minimum Gasteiger partial charge on any atom is -0.363 e. The second-order valence-corrected chi connectivity index (χ2v) is 1.79. The molecule has 2 heterocycles. The highest BCUT2D eigenvalue weighted by Gasteiger charge is 2.00. The molecular formula is C6H4N3O. The maximum absolute atomic E-state index is 4.58. The van der Waals surface area contributed by atoms with Gasteiger partial charge in [-0.15, -0.1) is 0 Å². The lowest BCUT2D eigenvalue weighted by atomic mass is 10.3. The van der Waals surface area contributed by atoms with Crippen LogP contribution in [0.5, 0.6) is 0 Å². The maximum Gasteiger partial charge on any atom is 0.145 e. The standard InChI is InChI=1S/C6H4N3O/c1-5(3-10-9-1)6-2-7-4-8-6/h2-4H,(H,7,8). The molecule has 4 nitrogen and oxygen atoms in total. The highest BCUT2D eigenvalue weighted by atomic mass is 16.5. The van der Waals surface area contributed by atoms with E-state index in [0.717, 1.165) is 11.3 Å². The van der Waals surface area contributed by atoms with Crippen LogP contribution in [0.4, 0.5) is 0 Å². The number of aromatic nitrogens is 3.